The molecule has 1 aliphatic carbocycles. The molecule has 0 saturated heterocycles. The van der Waals surface area contributed by atoms with Crippen LogP contribution in [0.4, 0.5) is 10.1 Å². The Bertz CT molecular complexity index is 605. The fourth-order valence-corrected chi connectivity index (χ4v) is 2.96. The van der Waals surface area contributed by atoms with Crippen LogP contribution in [0.1, 0.15) is 24.4 Å². The minimum atomic E-state index is -0.233. The Labute approximate surface area is 132 Å². The third kappa shape index (κ3) is 3.21. The molecular weight excluding hydrogens is 333 g/mol. The average Bonchev–Trinajstić information content (AvgIpc) is 3.32. The highest BCUT2D eigenvalue weighted by molar-refractivity contribution is 9.10. The minimum Gasteiger partial charge on any atom is -0.497 e. The number of rotatable bonds is 5. The second-order valence-corrected chi connectivity index (χ2v) is 6.18. The van der Waals surface area contributed by atoms with E-state index in [1.54, 1.807) is 13.2 Å². The maximum atomic E-state index is 14.0. The summed E-state index contributed by atoms with van der Waals surface area (Å²) in [6.45, 7) is 0. The molecule has 21 heavy (non-hydrogen) atoms. The molecule has 1 unspecified atom stereocenters. The van der Waals surface area contributed by atoms with E-state index in [9.17, 15) is 4.39 Å². The van der Waals surface area contributed by atoms with E-state index in [0.717, 1.165) is 15.8 Å². The molecule has 1 saturated carbocycles. The van der Waals surface area contributed by atoms with Gasteiger partial charge in [0.25, 0.3) is 0 Å². The lowest BCUT2D eigenvalue weighted by Gasteiger charge is -2.21. The Morgan fingerprint density at radius 1 is 1.19 bits per heavy atom. The molecule has 0 bridgehead atoms. The van der Waals surface area contributed by atoms with Crippen LogP contribution >= 0.6 is 15.9 Å². The number of halogens is 2. The van der Waals surface area contributed by atoms with Crippen LogP contribution in [0, 0.1) is 11.7 Å². The van der Waals surface area contributed by atoms with Crippen molar-refractivity contribution in [3.63, 3.8) is 0 Å². The van der Waals surface area contributed by atoms with Crippen LogP contribution in [0.5, 0.6) is 5.75 Å². The van der Waals surface area contributed by atoms with Crippen molar-refractivity contribution in [2.24, 2.45) is 5.92 Å². The van der Waals surface area contributed by atoms with Gasteiger partial charge in [0.2, 0.25) is 0 Å². The summed E-state index contributed by atoms with van der Waals surface area (Å²) in [5.41, 5.74) is 1.69. The van der Waals surface area contributed by atoms with E-state index in [0.29, 0.717) is 11.6 Å². The number of ether oxygens (including phenoxy) is 1. The molecule has 2 nitrogen and oxygen atoms in total. The summed E-state index contributed by atoms with van der Waals surface area (Å²) in [6, 6.07) is 13.1. The van der Waals surface area contributed by atoms with Gasteiger partial charge in [0, 0.05) is 4.47 Å². The van der Waals surface area contributed by atoms with Gasteiger partial charge in [-0.2, -0.15) is 0 Å². The summed E-state index contributed by atoms with van der Waals surface area (Å²) in [7, 11) is 1.65. The monoisotopic (exact) mass is 349 g/mol. The molecule has 4 heteroatoms. The predicted molar refractivity (Wildman–Crippen MR) is 86.2 cm³/mol. The van der Waals surface area contributed by atoms with Gasteiger partial charge in [-0.05, 0) is 64.5 Å². The van der Waals surface area contributed by atoms with Crippen molar-refractivity contribution in [2.45, 2.75) is 18.9 Å². The number of hydrogen-bond acceptors (Lipinski definition) is 2. The first-order valence-corrected chi connectivity index (χ1v) is 7.83. The number of nitrogens with one attached hydrogen (secondary N) is 1. The maximum absolute atomic E-state index is 14.0. The second kappa shape index (κ2) is 6.06. The van der Waals surface area contributed by atoms with Crippen molar-refractivity contribution in [1.29, 1.82) is 0 Å². The van der Waals surface area contributed by atoms with Crippen LogP contribution in [-0.2, 0) is 0 Å². The average molecular weight is 350 g/mol. The molecule has 0 aromatic heterocycles. The molecule has 0 heterocycles. The molecule has 0 radical (unpaired) electrons. The van der Waals surface area contributed by atoms with Crippen LogP contribution in [0.15, 0.2) is 46.9 Å². The Hall–Kier alpha value is -1.55. The smallest absolute Gasteiger partial charge is 0.147 e. The Balaban J connectivity index is 1.88. The van der Waals surface area contributed by atoms with Gasteiger partial charge >= 0.3 is 0 Å². The summed E-state index contributed by atoms with van der Waals surface area (Å²) in [6.07, 6.45) is 2.35. The van der Waals surface area contributed by atoms with E-state index in [1.807, 2.05) is 30.3 Å². The molecule has 1 N–H and O–H groups in total. The summed E-state index contributed by atoms with van der Waals surface area (Å²) < 4.78 is 20.0. The molecule has 1 fully saturated rings. The van der Waals surface area contributed by atoms with Crippen molar-refractivity contribution in [3.8, 4) is 5.75 Å². The SMILES string of the molecule is COc1ccc(C(Nc2c(F)cccc2Br)C2CC2)cc1. The van der Waals surface area contributed by atoms with E-state index < -0.39 is 0 Å². The normalized spacial score (nSPS) is 15.6. The van der Waals surface area contributed by atoms with Gasteiger partial charge in [0.05, 0.1) is 18.8 Å². The van der Waals surface area contributed by atoms with Crippen LogP contribution in [0.2, 0.25) is 0 Å². The van der Waals surface area contributed by atoms with Gasteiger partial charge in [-0.3, -0.25) is 0 Å². The molecule has 110 valence electrons. The fourth-order valence-electron chi connectivity index (χ4n) is 2.51. The summed E-state index contributed by atoms with van der Waals surface area (Å²) in [5, 5.41) is 3.37. The maximum Gasteiger partial charge on any atom is 0.147 e. The van der Waals surface area contributed by atoms with E-state index in [2.05, 4.69) is 21.2 Å². The van der Waals surface area contributed by atoms with Crippen LogP contribution in [0.3, 0.4) is 0 Å². The van der Waals surface area contributed by atoms with Gasteiger partial charge in [-0.25, -0.2) is 4.39 Å². The van der Waals surface area contributed by atoms with Crippen molar-refractivity contribution < 1.29 is 9.13 Å². The third-order valence-electron chi connectivity index (χ3n) is 3.83. The third-order valence-corrected chi connectivity index (χ3v) is 4.49. The molecular formula is C17H17BrFNO. The highest BCUT2D eigenvalue weighted by Gasteiger charge is 2.33. The molecule has 1 aliphatic rings. The van der Waals surface area contributed by atoms with E-state index in [4.69, 9.17) is 4.74 Å². The predicted octanol–water partition coefficient (Wildman–Crippen LogP) is 5.16. The van der Waals surface area contributed by atoms with E-state index in [-0.39, 0.29) is 11.9 Å². The molecule has 0 spiro atoms. The number of benzene rings is 2. The second-order valence-electron chi connectivity index (χ2n) is 5.33. The van der Waals surface area contributed by atoms with Crippen molar-refractivity contribution in [2.75, 3.05) is 12.4 Å². The first-order valence-electron chi connectivity index (χ1n) is 7.03. The van der Waals surface area contributed by atoms with Gasteiger partial charge in [-0.15, -0.1) is 0 Å². The Kier molecular flexibility index (Phi) is 4.15. The van der Waals surface area contributed by atoms with Crippen molar-refractivity contribution >= 4 is 21.6 Å². The van der Waals surface area contributed by atoms with Crippen LogP contribution < -0.4 is 10.1 Å². The minimum absolute atomic E-state index is 0.129. The zero-order valence-corrected chi connectivity index (χ0v) is 13.4. The van der Waals surface area contributed by atoms with Crippen molar-refractivity contribution in [1.82, 2.24) is 0 Å². The number of para-hydroxylation sites is 1. The lowest BCUT2D eigenvalue weighted by atomic mass is 10.0. The highest BCUT2D eigenvalue weighted by atomic mass is 79.9. The first kappa shape index (κ1) is 14.4. The lowest BCUT2D eigenvalue weighted by Crippen LogP contribution is -2.14. The molecule has 0 amide bonds. The van der Waals surface area contributed by atoms with Gasteiger partial charge in [0.15, 0.2) is 0 Å². The van der Waals surface area contributed by atoms with E-state index in [1.165, 1.54) is 18.9 Å². The molecule has 2 aromatic rings. The highest BCUT2D eigenvalue weighted by Crippen LogP contribution is 2.44. The fraction of sp³-hybridized carbons (Fsp3) is 0.294. The van der Waals surface area contributed by atoms with Crippen molar-refractivity contribution in [3.05, 3.63) is 58.3 Å². The number of hydrogen-bond donors (Lipinski definition) is 1. The summed E-state index contributed by atoms with van der Waals surface area (Å²) in [5.74, 6) is 1.16. The van der Waals surface area contributed by atoms with Gasteiger partial charge in [0.1, 0.15) is 11.6 Å². The topological polar surface area (TPSA) is 21.3 Å². The Morgan fingerprint density at radius 3 is 2.48 bits per heavy atom. The molecule has 0 aliphatic heterocycles. The van der Waals surface area contributed by atoms with Gasteiger partial charge in [-0.1, -0.05) is 18.2 Å². The summed E-state index contributed by atoms with van der Waals surface area (Å²) in [4.78, 5) is 0. The first-order chi connectivity index (χ1) is 10.2. The molecule has 2 aromatic carbocycles. The van der Waals surface area contributed by atoms with Gasteiger partial charge < -0.3 is 10.1 Å². The van der Waals surface area contributed by atoms with Crippen LogP contribution in [-0.4, -0.2) is 7.11 Å². The summed E-state index contributed by atoms with van der Waals surface area (Å²) >= 11 is 3.42. The zero-order chi connectivity index (χ0) is 14.8. The largest absolute Gasteiger partial charge is 0.497 e. The van der Waals surface area contributed by atoms with Crippen LogP contribution in [0.25, 0.3) is 0 Å². The zero-order valence-electron chi connectivity index (χ0n) is 11.8. The number of methoxy groups -OCH3 is 1. The standard InChI is InChI=1S/C17H17BrFNO/c1-21-13-9-7-12(8-10-13)16(11-5-6-11)20-17-14(18)3-2-4-15(17)19/h2-4,7-11,16,20H,5-6H2,1H3. The van der Waals surface area contributed by atoms with E-state index >= 15 is 0 Å². The molecule has 3 rings (SSSR count). The molecule has 1 atom stereocenters. The lowest BCUT2D eigenvalue weighted by molar-refractivity contribution is 0.414. The Morgan fingerprint density at radius 2 is 1.90 bits per heavy atom. The quantitative estimate of drug-likeness (QED) is 0.804. The number of anilines is 1.